The average molecular weight is 515 g/mol. The lowest BCUT2D eigenvalue weighted by atomic mass is 10.1. The van der Waals surface area contributed by atoms with Crippen LogP contribution < -0.4 is 5.32 Å². The Labute approximate surface area is 221 Å². The second kappa shape index (κ2) is 11.4. The van der Waals surface area contributed by atoms with Crippen molar-refractivity contribution in [2.75, 3.05) is 19.7 Å². The van der Waals surface area contributed by atoms with Gasteiger partial charge in [-0.1, -0.05) is 67.2 Å². The molecule has 2 aliphatic rings. The second-order valence-electron chi connectivity index (χ2n) is 9.22. The van der Waals surface area contributed by atoms with Gasteiger partial charge in [0.25, 0.3) is 5.91 Å². The number of ether oxygens (including phenoxy) is 2. The van der Waals surface area contributed by atoms with Crippen molar-refractivity contribution in [3.8, 4) is 0 Å². The lowest BCUT2D eigenvalue weighted by molar-refractivity contribution is -0.123. The van der Waals surface area contributed by atoms with E-state index in [1.54, 1.807) is 11.1 Å². The number of amides is 2. The molecule has 3 heterocycles. The van der Waals surface area contributed by atoms with Gasteiger partial charge in [0, 0.05) is 32.3 Å². The van der Waals surface area contributed by atoms with Crippen molar-refractivity contribution in [2.45, 2.75) is 37.8 Å². The summed E-state index contributed by atoms with van der Waals surface area (Å²) in [6, 6.07) is 18.8. The van der Waals surface area contributed by atoms with Crippen molar-refractivity contribution in [1.82, 2.24) is 25.0 Å². The van der Waals surface area contributed by atoms with Crippen molar-refractivity contribution < 1.29 is 19.1 Å². The highest BCUT2D eigenvalue weighted by molar-refractivity contribution is 6.14. The fourth-order valence-corrected chi connectivity index (χ4v) is 4.30. The summed E-state index contributed by atoms with van der Waals surface area (Å²) in [5.41, 5.74) is 0.940. The van der Waals surface area contributed by atoms with Crippen LogP contribution in [0.2, 0.25) is 0 Å². The van der Waals surface area contributed by atoms with Crippen molar-refractivity contribution in [3.63, 3.8) is 0 Å². The van der Waals surface area contributed by atoms with E-state index >= 15 is 0 Å². The Hall–Kier alpha value is -4.31. The maximum Gasteiger partial charge on any atom is 0.410 e. The molecule has 0 saturated carbocycles. The van der Waals surface area contributed by atoms with E-state index in [1.165, 1.54) is 6.08 Å². The normalized spacial score (nSPS) is 18.7. The molecule has 0 saturated heterocycles. The molecule has 1 aromatic heterocycles. The van der Waals surface area contributed by atoms with Crippen LogP contribution >= 0.6 is 0 Å². The number of hydrogen-bond acceptors (Lipinski definition) is 7. The molecule has 196 valence electrons. The summed E-state index contributed by atoms with van der Waals surface area (Å²) < 4.78 is 13.5. The number of hydrogen-bond donors (Lipinski definition) is 1. The van der Waals surface area contributed by atoms with Crippen LogP contribution in [0.15, 0.2) is 78.3 Å². The monoisotopic (exact) mass is 514 g/mol. The van der Waals surface area contributed by atoms with Crippen LogP contribution in [-0.4, -0.2) is 63.1 Å². The highest BCUT2D eigenvalue weighted by atomic mass is 16.6. The zero-order valence-corrected chi connectivity index (χ0v) is 21.0. The maximum atomic E-state index is 13.0. The molecular weight excluding hydrogens is 484 g/mol. The Balaban J connectivity index is 1.26. The van der Waals surface area contributed by atoms with Crippen LogP contribution in [0, 0.1) is 0 Å². The van der Waals surface area contributed by atoms with Gasteiger partial charge in [-0.3, -0.25) is 9.79 Å². The van der Waals surface area contributed by atoms with E-state index in [2.05, 4.69) is 27.1 Å². The molecule has 3 aromatic rings. The summed E-state index contributed by atoms with van der Waals surface area (Å²) in [6.45, 7) is 5.87. The fourth-order valence-electron chi connectivity index (χ4n) is 4.30. The van der Waals surface area contributed by atoms with Crippen LogP contribution in [0.5, 0.6) is 0 Å². The first kappa shape index (κ1) is 25.3. The number of benzene rings is 2. The Morgan fingerprint density at radius 3 is 2.34 bits per heavy atom. The molecular formula is C28H30N6O4. The van der Waals surface area contributed by atoms with Crippen LogP contribution in [0.25, 0.3) is 0 Å². The molecule has 0 fully saturated rings. The SMILES string of the molecule is C=CC1(C(=O)N[C@H](COCc2ccccc2)c2nnc3n2CCN(C(=O)OCc2ccccc2)CC3)C=N1. The van der Waals surface area contributed by atoms with E-state index < -0.39 is 11.6 Å². The van der Waals surface area contributed by atoms with E-state index in [9.17, 15) is 9.59 Å². The number of nitrogens with one attached hydrogen (secondary N) is 1. The van der Waals surface area contributed by atoms with Crippen molar-refractivity contribution >= 4 is 18.2 Å². The summed E-state index contributed by atoms with van der Waals surface area (Å²) in [7, 11) is 0. The minimum Gasteiger partial charge on any atom is -0.445 e. The van der Waals surface area contributed by atoms with E-state index in [1.807, 2.05) is 65.2 Å². The third-order valence-electron chi connectivity index (χ3n) is 6.61. The van der Waals surface area contributed by atoms with E-state index in [0.29, 0.717) is 38.5 Å². The number of aliphatic imine (C=N–C) groups is 1. The van der Waals surface area contributed by atoms with Gasteiger partial charge in [-0.2, -0.15) is 0 Å². The Bertz CT molecular complexity index is 1300. The van der Waals surface area contributed by atoms with Crippen molar-refractivity contribution in [3.05, 3.63) is 96.1 Å². The van der Waals surface area contributed by atoms with Crippen LogP contribution in [0.4, 0.5) is 4.79 Å². The van der Waals surface area contributed by atoms with Gasteiger partial charge in [0.1, 0.15) is 18.5 Å². The molecule has 2 aromatic carbocycles. The number of aromatic nitrogens is 3. The van der Waals surface area contributed by atoms with E-state index in [0.717, 1.165) is 17.0 Å². The average Bonchev–Trinajstić information content (AvgIpc) is 3.71. The molecule has 2 atom stereocenters. The minimum absolute atomic E-state index is 0.189. The second-order valence-corrected chi connectivity index (χ2v) is 9.22. The Kier molecular flexibility index (Phi) is 7.60. The number of carbonyl (C=O) groups is 2. The summed E-state index contributed by atoms with van der Waals surface area (Å²) in [6.07, 6.45) is 3.20. The quantitative estimate of drug-likeness (QED) is 0.417. The zero-order valence-electron chi connectivity index (χ0n) is 21.0. The van der Waals surface area contributed by atoms with Crippen LogP contribution in [-0.2, 0) is 40.4 Å². The first-order valence-electron chi connectivity index (χ1n) is 12.6. The summed E-state index contributed by atoms with van der Waals surface area (Å²) in [4.78, 5) is 31.5. The number of rotatable bonds is 10. The number of fused-ring (bicyclic) bond motifs is 1. The van der Waals surface area contributed by atoms with E-state index in [4.69, 9.17) is 9.47 Å². The largest absolute Gasteiger partial charge is 0.445 e. The van der Waals surface area contributed by atoms with Crippen molar-refractivity contribution in [1.29, 1.82) is 0 Å². The van der Waals surface area contributed by atoms with Gasteiger partial charge < -0.3 is 24.3 Å². The highest BCUT2D eigenvalue weighted by Crippen LogP contribution is 2.24. The predicted octanol–water partition coefficient (Wildman–Crippen LogP) is 2.86. The van der Waals surface area contributed by atoms with Gasteiger partial charge in [-0.15, -0.1) is 10.2 Å². The Morgan fingerprint density at radius 1 is 1.00 bits per heavy atom. The third kappa shape index (κ3) is 5.81. The topological polar surface area (TPSA) is 111 Å². The van der Waals surface area contributed by atoms with E-state index in [-0.39, 0.29) is 25.2 Å². The van der Waals surface area contributed by atoms with Gasteiger partial charge in [0.15, 0.2) is 11.4 Å². The third-order valence-corrected chi connectivity index (χ3v) is 6.61. The maximum absolute atomic E-state index is 13.0. The molecule has 0 aliphatic carbocycles. The molecule has 2 amide bonds. The molecule has 2 aliphatic heterocycles. The van der Waals surface area contributed by atoms with Crippen LogP contribution in [0.3, 0.4) is 0 Å². The summed E-state index contributed by atoms with van der Waals surface area (Å²) in [5, 5.41) is 11.8. The highest BCUT2D eigenvalue weighted by Gasteiger charge is 2.43. The van der Waals surface area contributed by atoms with Gasteiger partial charge in [0.05, 0.1) is 13.2 Å². The fraction of sp³-hybridized carbons (Fsp3) is 0.321. The molecule has 5 rings (SSSR count). The number of nitrogens with zero attached hydrogens (tertiary/aromatic N) is 5. The molecule has 38 heavy (non-hydrogen) atoms. The molecule has 0 spiro atoms. The lowest BCUT2D eigenvalue weighted by Gasteiger charge is -2.22. The first-order chi connectivity index (χ1) is 18.6. The molecule has 1 unspecified atom stereocenters. The molecule has 10 nitrogen and oxygen atoms in total. The first-order valence-corrected chi connectivity index (χ1v) is 12.6. The predicted molar refractivity (Wildman–Crippen MR) is 140 cm³/mol. The van der Waals surface area contributed by atoms with Gasteiger partial charge in [0.2, 0.25) is 0 Å². The standard InChI is InChI=1S/C28H30N6O4/c1-2-28(20-29-28)26(35)30-23(19-37-17-21-9-5-3-6-10-21)25-32-31-24-13-14-33(15-16-34(24)25)27(36)38-18-22-11-7-4-8-12-22/h2-12,20,23H,1,13-19H2,(H,30,35)/t23-,28?/m1/s1. The summed E-state index contributed by atoms with van der Waals surface area (Å²) >= 11 is 0. The Morgan fingerprint density at radius 2 is 1.68 bits per heavy atom. The smallest absolute Gasteiger partial charge is 0.410 e. The minimum atomic E-state index is -1.02. The molecule has 1 N–H and O–H groups in total. The lowest BCUT2D eigenvalue weighted by Crippen LogP contribution is -2.42. The number of carbonyl (C=O) groups excluding carboxylic acids is 2. The zero-order chi connectivity index (χ0) is 26.4. The molecule has 0 bridgehead atoms. The molecule has 0 radical (unpaired) electrons. The van der Waals surface area contributed by atoms with Gasteiger partial charge >= 0.3 is 6.09 Å². The van der Waals surface area contributed by atoms with Crippen molar-refractivity contribution in [2.24, 2.45) is 4.99 Å². The summed E-state index contributed by atoms with van der Waals surface area (Å²) in [5.74, 6) is 1.01. The molecule has 10 heteroatoms. The van der Waals surface area contributed by atoms with Crippen LogP contribution in [0.1, 0.15) is 28.8 Å². The van der Waals surface area contributed by atoms with Gasteiger partial charge in [-0.05, 0) is 17.2 Å². The van der Waals surface area contributed by atoms with Gasteiger partial charge in [-0.25, -0.2) is 4.79 Å².